The molecule has 0 saturated carbocycles. The molecule has 144 valence electrons. The summed E-state index contributed by atoms with van der Waals surface area (Å²) in [6.45, 7) is 2.33. The number of hydrogen-bond donors (Lipinski definition) is 1. The van der Waals surface area contributed by atoms with Crippen molar-refractivity contribution in [3.05, 3.63) is 63.0 Å². The fourth-order valence-electron chi connectivity index (χ4n) is 2.61. The second kappa shape index (κ2) is 8.62. The standard InChI is InChI=1S/C20H17BrN2O4S/c1-3-23-18(24)17(10-12-7-8-16(27-2)15(21)9-12)28-20(23)22-14-6-4-5-13(11-14)19(25)26/h4-11H,3H2,1-2H3,(H,25,26). The van der Waals surface area contributed by atoms with E-state index in [1.54, 1.807) is 30.2 Å². The van der Waals surface area contributed by atoms with E-state index >= 15 is 0 Å². The van der Waals surface area contributed by atoms with E-state index in [1.807, 2.05) is 25.1 Å². The van der Waals surface area contributed by atoms with E-state index in [9.17, 15) is 9.59 Å². The van der Waals surface area contributed by atoms with E-state index in [4.69, 9.17) is 9.84 Å². The fourth-order valence-corrected chi connectivity index (χ4v) is 4.23. The molecule has 6 nitrogen and oxygen atoms in total. The molecule has 0 radical (unpaired) electrons. The zero-order valence-corrected chi connectivity index (χ0v) is 17.6. The third-order valence-corrected chi connectivity index (χ3v) is 5.62. The fraction of sp³-hybridized carbons (Fsp3) is 0.150. The highest BCUT2D eigenvalue weighted by molar-refractivity contribution is 9.10. The molecular formula is C20H17BrN2O4S. The van der Waals surface area contributed by atoms with Crippen LogP contribution in [0.2, 0.25) is 0 Å². The van der Waals surface area contributed by atoms with Crippen LogP contribution in [0.15, 0.2) is 56.8 Å². The summed E-state index contributed by atoms with van der Waals surface area (Å²) in [7, 11) is 1.59. The highest BCUT2D eigenvalue weighted by Gasteiger charge is 2.32. The lowest BCUT2D eigenvalue weighted by molar-refractivity contribution is -0.122. The number of nitrogens with zero attached hydrogens (tertiary/aromatic N) is 2. The molecule has 1 saturated heterocycles. The van der Waals surface area contributed by atoms with Crippen molar-refractivity contribution in [2.45, 2.75) is 6.92 Å². The van der Waals surface area contributed by atoms with Gasteiger partial charge in [0.15, 0.2) is 5.17 Å². The molecule has 0 atom stereocenters. The Hall–Kier alpha value is -2.58. The predicted octanol–water partition coefficient (Wildman–Crippen LogP) is 4.78. The number of hydrogen-bond acceptors (Lipinski definition) is 5. The molecule has 1 fully saturated rings. The van der Waals surface area contributed by atoms with Crippen molar-refractivity contribution in [3.63, 3.8) is 0 Å². The molecule has 2 aromatic carbocycles. The van der Waals surface area contributed by atoms with E-state index in [0.717, 1.165) is 10.0 Å². The second-order valence-electron chi connectivity index (χ2n) is 5.80. The molecule has 0 spiro atoms. The third kappa shape index (κ3) is 4.28. The van der Waals surface area contributed by atoms with Crippen LogP contribution >= 0.6 is 27.7 Å². The molecule has 1 aliphatic rings. The molecule has 1 N–H and O–H groups in total. The molecule has 1 aliphatic heterocycles. The van der Waals surface area contributed by atoms with Gasteiger partial charge in [-0.25, -0.2) is 9.79 Å². The molecule has 1 amide bonds. The average Bonchev–Trinajstić information content (AvgIpc) is 2.96. The van der Waals surface area contributed by atoms with Crippen molar-refractivity contribution in [1.29, 1.82) is 0 Å². The first-order valence-corrected chi connectivity index (χ1v) is 10.0. The number of carboxylic acid groups (broad SMARTS) is 1. The summed E-state index contributed by atoms with van der Waals surface area (Å²) in [6.07, 6.45) is 1.80. The number of amides is 1. The number of halogens is 1. The summed E-state index contributed by atoms with van der Waals surface area (Å²) in [6, 6.07) is 11.9. The highest BCUT2D eigenvalue weighted by Crippen LogP contribution is 2.35. The number of carboxylic acids is 1. The van der Waals surface area contributed by atoms with E-state index in [2.05, 4.69) is 20.9 Å². The van der Waals surface area contributed by atoms with Gasteiger partial charge in [-0.2, -0.15) is 0 Å². The predicted molar refractivity (Wildman–Crippen MR) is 114 cm³/mol. The van der Waals surface area contributed by atoms with Gasteiger partial charge in [0.2, 0.25) is 0 Å². The monoisotopic (exact) mass is 460 g/mol. The van der Waals surface area contributed by atoms with Gasteiger partial charge in [0, 0.05) is 6.54 Å². The molecule has 8 heteroatoms. The molecule has 1 heterocycles. The number of benzene rings is 2. The first-order valence-electron chi connectivity index (χ1n) is 8.40. The SMILES string of the molecule is CCN1C(=O)C(=Cc2ccc(OC)c(Br)c2)SC1=Nc1cccc(C(=O)O)c1. The first kappa shape index (κ1) is 20.2. The Morgan fingerprint density at radius 2 is 2.11 bits per heavy atom. The van der Waals surface area contributed by atoms with Crippen molar-refractivity contribution in [2.24, 2.45) is 4.99 Å². The Morgan fingerprint density at radius 3 is 2.75 bits per heavy atom. The lowest BCUT2D eigenvalue weighted by Crippen LogP contribution is -2.28. The molecular weight excluding hydrogens is 444 g/mol. The highest BCUT2D eigenvalue weighted by atomic mass is 79.9. The Kier molecular flexibility index (Phi) is 6.21. The van der Waals surface area contributed by atoms with Crippen LogP contribution in [0.5, 0.6) is 5.75 Å². The molecule has 0 aromatic heterocycles. The maximum absolute atomic E-state index is 12.8. The van der Waals surface area contributed by atoms with Gasteiger partial charge in [0.1, 0.15) is 5.75 Å². The number of likely N-dealkylation sites (N-methyl/N-ethyl adjacent to an activating group) is 1. The average molecular weight is 461 g/mol. The Labute approximate surface area is 175 Å². The molecule has 2 aromatic rings. The number of methoxy groups -OCH3 is 1. The van der Waals surface area contributed by atoms with Gasteiger partial charge >= 0.3 is 5.97 Å². The largest absolute Gasteiger partial charge is 0.496 e. The number of thioether (sulfide) groups is 1. The Bertz CT molecular complexity index is 1000. The van der Waals surface area contributed by atoms with Crippen LogP contribution in [-0.2, 0) is 4.79 Å². The van der Waals surface area contributed by atoms with Gasteiger partial charge in [-0.15, -0.1) is 0 Å². The summed E-state index contributed by atoms with van der Waals surface area (Å²) in [5.41, 5.74) is 1.49. The summed E-state index contributed by atoms with van der Waals surface area (Å²) in [5.74, 6) is -0.439. The maximum Gasteiger partial charge on any atom is 0.335 e. The molecule has 0 bridgehead atoms. The smallest absolute Gasteiger partial charge is 0.335 e. The van der Waals surface area contributed by atoms with Gasteiger partial charge in [-0.1, -0.05) is 12.1 Å². The van der Waals surface area contributed by atoms with Gasteiger partial charge < -0.3 is 9.84 Å². The zero-order chi connectivity index (χ0) is 20.3. The lowest BCUT2D eigenvalue weighted by Gasteiger charge is -2.12. The van der Waals surface area contributed by atoms with Crippen LogP contribution in [0.3, 0.4) is 0 Å². The second-order valence-corrected chi connectivity index (χ2v) is 7.67. The number of carbonyl (C=O) groups is 2. The minimum atomic E-state index is -1.02. The van der Waals surface area contributed by atoms with Gasteiger partial charge in [-0.3, -0.25) is 9.69 Å². The van der Waals surface area contributed by atoms with Crippen LogP contribution in [0.4, 0.5) is 5.69 Å². The number of ether oxygens (including phenoxy) is 1. The van der Waals surface area contributed by atoms with Crippen molar-refractivity contribution in [2.75, 3.05) is 13.7 Å². The number of aliphatic imine (C=N–C) groups is 1. The number of rotatable bonds is 5. The normalized spacial score (nSPS) is 16.8. The van der Waals surface area contributed by atoms with Gasteiger partial charge in [0.25, 0.3) is 5.91 Å². The van der Waals surface area contributed by atoms with E-state index in [0.29, 0.717) is 28.1 Å². The van der Waals surface area contributed by atoms with Gasteiger partial charge in [-0.05, 0) is 76.6 Å². The van der Waals surface area contributed by atoms with Crippen LogP contribution in [0.25, 0.3) is 6.08 Å². The van der Waals surface area contributed by atoms with Crippen LogP contribution < -0.4 is 4.74 Å². The van der Waals surface area contributed by atoms with Crippen molar-refractivity contribution in [1.82, 2.24) is 4.90 Å². The Balaban J connectivity index is 1.93. The maximum atomic E-state index is 12.8. The minimum absolute atomic E-state index is 0.132. The minimum Gasteiger partial charge on any atom is -0.496 e. The van der Waals surface area contributed by atoms with E-state index < -0.39 is 5.97 Å². The van der Waals surface area contributed by atoms with Crippen molar-refractivity contribution >= 4 is 56.5 Å². The molecule has 0 unspecified atom stereocenters. The van der Waals surface area contributed by atoms with Gasteiger partial charge in [0.05, 0.1) is 27.7 Å². The number of amidine groups is 1. The Morgan fingerprint density at radius 1 is 1.32 bits per heavy atom. The topological polar surface area (TPSA) is 79.2 Å². The summed E-state index contributed by atoms with van der Waals surface area (Å²) in [5, 5.41) is 9.66. The quantitative estimate of drug-likeness (QED) is 0.649. The number of aromatic carboxylic acids is 1. The van der Waals surface area contributed by atoms with E-state index in [1.165, 1.54) is 23.9 Å². The summed E-state index contributed by atoms with van der Waals surface area (Å²) < 4.78 is 6.02. The lowest BCUT2D eigenvalue weighted by atomic mass is 10.2. The number of carbonyl (C=O) groups excluding carboxylic acids is 1. The summed E-state index contributed by atoms with van der Waals surface area (Å²) >= 11 is 4.71. The third-order valence-electron chi connectivity index (χ3n) is 4.00. The molecule has 0 aliphatic carbocycles. The molecule has 3 rings (SSSR count). The van der Waals surface area contributed by atoms with Crippen molar-refractivity contribution in [3.8, 4) is 5.75 Å². The first-order chi connectivity index (χ1) is 13.4. The van der Waals surface area contributed by atoms with E-state index in [-0.39, 0.29) is 11.5 Å². The van der Waals surface area contributed by atoms with Crippen molar-refractivity contribution < 1.29 is 19.4 Å². The van der Waals surface area contributed by atoms with Crippen LogP contribution in [0.1, 0.15) is 22.8 Å². The molecule has 28 heavy (non-hydrogen) atoms. The van der Waals surface area contributed by atoms with Crippen LogP contribution in [-0.4, -0.2) is 40.7 Å². The summed E-state index contributed by atoms with van der Waals surface area (Å²) in [4.78, 5) is 30.5. The van der Waals surface area contributed by atoms with Crippen LogP contribution in [0, 0.1) is 0 Å². The zero-order valence-electron chi connectivity index (χ0n) is 15.2.